The maximum absolute atomic E-state index is 13.0. The Hall–Kier alpha value is -2.96. The third kappa shape index (κ3) is 6.80. The third-order valence-electron chi connectivity index (χ3n) is 6.71. The molecule has 0 N–H and O–H groups in total. The summed E-state index contributed by atoms with van der Waals surface area (Å²) in [6.07, 6.45) is 1.50. The molecule has 1 fully saturated rings. The molecule has 0 bridgehead atoms. The highest BCUT2D eigenvalue weighted by Gasteiger charge is 2.22. The molecule has 2 aromatic carbocycles. The molecule has 3 aromatic rings. The number of rotatable bonds is 8. The van der Waals surface area contributed by atoms with Gasteiger partial charge in [-0.2, -0.15) is 0 Å². The number of piperazine rings is 1. The molecule has 0 atom stereocenters. The number of benzene rings is 2. The van der Waals surface area contributed by atoms with Crippen molar-refractivity contribution in [2.24, 2.45) is 0 Å². The molecule has 6 heteroatoms. The average Bonchev–Trinajstić information content (AvgIpc) is 3.32. The minimum atomic E-state index is -0.0892. The number of hydrogen-bond acceptors (Lipinski definition) is 5. The van der Waals surface area contributed by atoms with Crippen molar-refractivity contribution in [1.82, 2.24) is 19.7 Å². The quantitative estimate of drug-likeness (QED) is 0.462. The minimum Gasteiger partial charge on any atom is -0.447 e. The molecular formula is C29H38N4O2. The molecule has 0 aliphatic carbocycles. The third-order valence-corrected chi connectivity index (χ3v) is 6.71. The van der Waals surface area contributed by atoms with Gasteiger partial charge in [-0.1, -0.05) is 75.4 Å². The lowest BCUT2D eigenvalue weighted by atomic mass is 9.87. The summed E-state index contributed by atoms with van der Waals surface area (Å²) in [5, 5.41) is 0. The van der Waals surface area contributed by atoms with Crippen LogP contribution in [0.3, 0.4) is 0 Å². The molecule has 186 valence electrons. The van der Waals surface area contributed by atoms with E-state index in [1.165, 1.54) is 17.4 Å². The highest BCUT2D eigenvalue weighted by Crippen LogP contribution is 2.23. The van der Waals surface area contributed by atoms with E-state index in [0.717, 1.165) is 38.3 Å². The number of oxazole rings is 1. The van der Waals surface area contributed by atoms with Crippen molar-refractivity contribution in [3.63, 3.8) is 0 Å². The van der Waals surface area contributed by atoms with Gasteiger partial charge in [-0.15, -0.1) is 0 Å². The number of nitrogens with zero attached hydrogens (tertiary/aromatic N) is 4. The Morgan fingerprint density at radius 1 is 0.914 bits per heavy atom. The Morgan fingerprint density at radius 2 is 1.54 bits per heavy atom. The fraction of sp³-hybridized carbons (Fsp3) is 0.448. The zero-order chi connectivity index (χ0) is 24.8. The Kier molecular flexibility index (Phi) is 8.04. The Labute approximate surface area is 209 Å². The van der Waals surface area contributed by atoms with Gasteiger partial charge in [0, 0.05) is 45.8 Å². The summed E-state index contributed by atoms with van der Waals surface area (Å²) in [4.78, 5) is 24.1. The maximum Gasteiger partial charge on any atom is 0.276 e. The van der Waals surface area contributed by atoms with Gasteiger partial charge >= 0.3 is 0 Å². The van der Waals surface area contributed by atoms with E-state index in [4.69, 9.17) is 4.42 Å². The molecule has 35 heavy (non-hydrogen) atoms. The second kappa shape index (κ2) is 11.2. The number of hydrogen-bond donors (Lipinski definition) is 0. The number of amides is 1. The molecule has 6 nitrogen and oxygen atoms in total. The average molecular weight is 475 g/mol. The van der Waals surface area contributed by atoms with E-state index in [9.17, 15) is 4.79 Å². The van der Waals surface area contributed by atoms with E-state index in [2.05, 4.69) is 59.8 Å². The highest BCUT2D eigenvalue weighted by atomic mass is 16.3. The number of carbonyl (C=O) groups is 1. The van der Waals surface area contributed by atoms with E-state index >= 15 is 0 Å². The maximum atomic E-state index is 13.0. The molecule has 0 unspecified atom stereocenters. The van der Waals surface area contributed by atoms with Crippen molar-refractivity contribution in [3.05, 3.63) is 89.1 Å². The molecule has 0 spiro atoms. The van der Waals surface area contributed by atoms with Crippen molar-refractivity contribution in [3.8, 4) is 0 Å². The molecule has 4 rings (SSSR count). The molecule has 0 saturated carbocycles. The van der Waals surface area contributed by atoms with Crippen molar-refractivity contribution in [2.45, 2.75) is 52.7 Å². The van der Waals surface area contributed by atoms with Crippen LogP contribution >= 0.6 is 0 Å². The number of aromatic nitrogens is 1. The van der Waals surface area contributed by atoms with Crippen LogP contribution in [0.15, 0.2) is 65.3 Å². The Balaban J connectivity index is 1.26. The summed E-state index contributed by atoms with van der Waals surface area (Å²) < 4.78 is 5.68. The standard InChI is InChI=1S/C29H38N4O2/c1-5-33(20-23-9-7-6-8-10-23)28(34)26-22-35-27(30-26)21-32-17-15-31(16-18-32)19-24-11-13-25(14-12-24)29(2,3)4/h6-14,22H,5,15-21H2,1-4H3. The second-order valence-corrected chi connectivity index (χ2v) is 10.4. The normalized spacial score (nSPS) is 15.3. The molecule has 1 saturated heterocycles. The summed E-state index contributed by atoms with van der Waals surface area (Å²) >= 11 is 0. The van der Waals surface area contributed by atoms with Gasteiger partial charge in [0.15, 0.2) is 5.69 Å². The molecule has 1 aliphatic heterocycles. The Bertz CT molecular complexity index is 1080. The fourth-order valence-electron chi connectivity index (χ4n) is 4.44. The summed E-state index contributed by atoms with van der Waals surface area (Å²) in [5.41, 5.74) is 4.41. The second-order valence-electron chi connectivity index (χ2n) is 10.4. The first-order chi connectivity index (χ1) is 16.8. The first-order valence-electron chi connectivity index (χ1n) is 12.6. The summed E-state index contributed by atoms with van der Waals surface area (Å²) in [6, 6.07) is 19.1. The van der Waals surface area contributed by atoms with Crippen LogP contribution in [-0.2, 0) is 25.0 Å². The van der Waals surface area contributed by atoms with Crippen molar-refractivity contribution in [2.75, 3.05) is 32.7 Å². The summed E-state index contributed by atoms with van der Waals surface area (Å²) in [5.74, 6) is 0.518. The van der Waals surface area contributed by atoms with Gasteiger partial charge in [-0.3, -0.25) is 14.6 Å². The predicted molar refractivity (Wildman–Crippen MR) is 139 cm³/mol. The van der Waals surface area contributed by atoms with Crippen LogP contribution in [0.4, 0.5) is 0 Å². The fourth-order valence-corrected chi connectivity index (χ4v) is 4.44. The predicted octanol–water partition coefficient (Wildman–Crippen LogP) is 4.95. The molecule has 2 heterocycles. The summed E-state index contributed by atoms with van der Waals surface area (Å²) in [6.45, 7) is 15.5. The van der Waals surface area contributed by atoms with Crippen LogP contribution in [0, 0.1) is 0 Å². The van der Waals surface area contributed by atoms with Crippen molar-refractivity contribution >= 4 is 5.91 Å². The van der Waals surface area contributed by atoms with Crippen molar-refractivity contribution in [1.29, 1.82) is 0 Å². The topological polar surface area (TPSA) is 52.8 Å². The van der Waals surface area contributed by atoms with Crippen LogP contribution < -0.4 is 0 Å². The molecule has 0 radical (unpaired) electrons. The molecule has 1 aromatic heterocycles. The van der Waals surface area contributed by atoms with Gasteiger partial charge in [-0.25, -0.2) is 4.98 Å². The Morgan fingerprint density at radius 3 is 2.14 bits per heavy atom. The van der Waals surface area contributed by atoms with Gasteiger partial charge in [0.05, 0.1) is 6.54 Å². The van der Waals surface area contributed by atoms with E-state index in [1.54, 1.807) is 4.90 Å². The summed E-state index contributed by atoms with van der Waals surface area (Å²) in [7, 11) is 0. The van der Waals surface area contributed by atoms with Crippen LogP contribution in [0.25, 0.3) is 0 Å². The largest absolute Gasteiger partial charge is 0.447 e. The van der Waals surface area contributed by atoms with E-state index in [-0.39, 0.29) is 11.3 Å². The van der Waals surface area contributed by atoms with E-state index < -0.39 is 0 Å². The van der Waals surface area contributed by atoms with Crippen LogP contribution in [0.2, 0.25) is 0 Å². The lowest BCUT2D eigenvalue weighted by Crippen LogP contribution is -2.45. The highest BCUT2D eigenvalue weighted by molar-refractivity contribution is 5.91. The zero-order valence-corrected chi connectivity index (χ0v) is 21.5. The minimum absolute atomic E-state index is 0.0892. The molecule has 1 amide bonds. The van der Waals surface area contributed by atoms with E-state index in [1.807, 2.05) is 37.3 Å². The SMILES string of the molecule is CCN(Cc1ccccc1)C(=O)c1coc(CN2CCN(Cc3ccc(C(C)(C)C)cc3)CC2)n1. The van der Waals surface area contributed by atoms with Crippen LogP contribution in [0.5, 0.6) is 0 Å². The van der Waals surface area contributed by atoms with Gasteiger partial charge in [0.2, 0.25) is 5.89 Å². The smallest absolute Gasteiger partial charge is 0.276 e. The lowest BCUT2D eigenvalue weighted by molar-refractivity contribution is 0.0746. The molecular weight excluding hydrogens is 436 g/mol. The molecule has 1 aliphatic rings. The van der Waals surface area contributed by atoms with Crippen molar-refractivity contribution < 1.29 is 9.21 Å². The first-order valence-corrected chi connectivity index (χ1v) is 12.6. The zero-order valence-electron chi connectivity index (χ0n) is 21.5. The van der Waals surface area contributed by atoms with Crippen LogP contribution in [0.1, 0.15) is 60.8 Å². The monoisotopic (exact) mass is 474 g/mol. The van der Waals surface area contributed by atoms with Gasteiger partial charge < -0.3 is 9.32 Å². The lowest BCUT2D eigenvalue weighted by Gasteiger charge is -2.34. The van der Waals surface area contributed by atoms with Gasteiger partial charge in [0.25, 0.3) is 5.91 Å². The van der Waals surface area contributed by atoms with Gasteiger partial charge in [-0.05, 0) is 29.0 Å². The van der Waals surface area contributed by atoms with Gasteiger partial charge in [0.1, 0.15) is 6.26 Å². The van der Waals surface area contributed by atoms with E-state index in [0.29, 0.717) is 31.2 Å². The first kappa shape index (κ1) is 25.1. The number of carbonyl (C=O) groups excluding carboxylic acids is 1. The van der Waals surface area contributed by atoms with Crippen LogP contribution in [-0.4, -0.2) is 58.3 Å².